The Hall–Kier alpha value is -3.62. The number of piperidine rings is 2. The summed E-state index contributed by atoms with van der Waals surface area (Å²) in [6.07, 6.45) is 4.06. The van der Waals surface area contributed by atoms with Crippen molar-refractivity contribution in [2.45, 2.75) is 38.1 Å². The van der Waals surface area contributed by atoms with Gasteiger partial charge in [-0.2, -0.15) is 0 Å². The van der Waals surface area contributed by atoms with Gasteiger partial charge in [0.2, 0.25) is 12.7 Å². The van der Waals surface area contributed by atoms with Crippen molar-refractivity contribution in [1.82, 2.24) is 15.1 Å². The monoisotopic (exact) mass is 495 g/mol. The molecule has 0 saturated carbocycles. The van der Waals surface area contributed by atoms with Gasteiger partial charge in [-0.3, -0.25) is 14.4 Å². The van der Waals surface area contributed by atoms with Crippen LogP contribution in [0.4, 0.5) is 4.39 Å². The van der Waals surface area contributed by atoms with Crippen molar-refractivity contribution in [1.29, 1.82) is 0 Å². The molecule has 0 bridgehead atoms. The van der Waals surface area contributed by atoms with Crippen LogP contribution in [-0.2, 0) is 4.79 Å². The molecule has 1 atom stereocenters. The fourth-order valence-corrected chi connectivity index (χ4v) is 5.20. The lowest BCUT2D eigenvalue weighted by Crippen LogP contribution is -2.55. The summed E-state index contributed by atoms with van der Waals surface area (Å²) in [6.45, 7) is 2.25. The van der Waals surface area contributed by atoms with Crippen molar-refractivity contribution < 1.29 is 28.2 Å². The number of nitrogens with zero attached hydrogens (tertiary/aromatic N) is 2. The Kier molecular flexibility index (Phi) is 7.06. The normalized spacial score (nSPS) is 18.6. The van der Waals surface area contributed by atoms with Crippen LogP contribution in [0, 0.1) is 11.7 Å². The minimum absolute atomic E-state index is 0.0491. The van der Waals surface area contributed by atoms with Crippen molar-refractivity contribution in [3.8, 4) is 11.5 Å². The topological polar surface area (TPSA) is 88.2 Å². The van der Waals surface area contributed by atoms with Gasteiger partial charge in [0.15, 0.2) is 11.5 Å². The number of rotatable bonds is 5. The van der Waals surface area contributed by atoms with E-state index in [0.717, 1.165) is 19.3 Å². The Morgan fingerprint density at radius 2 is 1.61 bits per heavy atom. The number of carbonyl (C=O) groups excluding carboxylic acids is 3. The van der Waals surface area contributed by atoms with E-state index in [1.165, 1.54) is 12.1 Å². The molecule has 0 spiro atoms. The van der Waals surface area contributed by atoms with Gasteiger partial charge >= 0.3 is 0 Å². The summed E-state index contributed by atoms with van der Waals surface area (Å²) in [7, 11) is 0. The number of carbonyl (C=O) groups is 3. The van der Waals surface area contributed by atoms with Gasteiger partial charge in [-0.1, -0.05) is 12.1 Å². The molecule has 1 N–H and O–H groups in total. The van der Waals surface area contributed by atoms with E-state index in [2.05, 4.69) is 5.32 Å². The number of hydrogen-bond donors (Lipinski definition) is 1. The van der Waals surface area contributed by atoms with Crippen LogP contribution >= 0.6 is 0 Å². The van der Waals surface area contributed by atoms with Crippen LogP contribution in [0.25, 0.3) is 0 Å². The second-order valence-electron chi connectivity index (χ2n) is 9.51. The number of benzene rings is 2. The Balaban J connectivity index is 1.30. The molecule has 0 unspecified atom stereocenters. The smallest absolute Gasteiger partial charge is 0.256 e. The van der Waals surface area contributed by atoms with E-state index in [9.17, 15) is 18.8 Å². The van der Waals surface area contributed by atoms with Gasteiger partial charge < -0.3 is 24.6 Å². The van der Waals surface area contributed by atoms with E-state index >= 15 is 0 Å². The molecule has 8 nitrogen and oxygen atoms in total. The molecule has 36 heavy (non-hydrogen) atoms. The number of amides is 3. The molecule has 9 heteroatoms. The molecule has 0 aliphatic carbocycles. The first kappa shape index (κ1) is 24.1. The molecule has 3 amide bonds. The largest absolute Gasteiger partial charge is 0.454 e. The van der Waals surface area contributed by atoms with Gasteiger partial charge in [0, 0.05) is 31.7 Å². The van der Waals surface area contributed by atoms with Crippen LogP contribution in [0.5, 0.6) is 11.5 Å². The third-order valence-corrected chi connectivity index (χ3v) is 7.26. The molecule has 3 heterocycles. The van der Waals surface area contributed by atoms with E-state index in [0.29, 0.717) is 56.1 Å². The highest BCUT2D eigenvalue weighted by Gasteiger charge is 2.37. The molecule has 2 aromatic rings. The lowest BCUT2D eigenvalue weighted by molar-refractivity contribution is -0.136. The highest BCUT2D eigenvalue weighted by Crippen LogP contribution is 2.33. The fraction of sp³-hybridized carbons (Fsp3) is 0.444. The summed E-state index contributed by atoms with van der Waals surface area (Å²) in [5.74, 6) is -0.382. The second-order valence-corrected chi connectivity index (χ2v) is 9.51. The predicted octanol–water partition coefficient (Wildman–Crippen LogP) is 3.22. The van der Waals surface area contributed by atoms with Gasteiger partial charge in [-0.15, -0.1) is 0 Å². The number of ether oxygens (including phenoxy) is 2. The number of halogens is 1. The average Bonchev–Trinajstić information content (AvgIpc) is 3.40. The zero-order chi connectivity index (χ0) is 25.1. The maximum absolute atomic E-state index is 14.1. The predicted molar refractivity (Wildman–Crippen MR) is 129 cm³/mol. The minimum atomic E-state index is -0.702. The van der Waals surface area contributed by atoms with Gasteiger partial charge in [-0.05, 0) is 68.4 Å². The molecule has 2 fully saturated rings. The first-order chi connectivity index (χ1) is 17.5. The Morgan fingerprint density at radius 3 is 2.36 bits per heavy atom. The quantitative estimate of drug-likeness (QED) is 0.688. The SMILES string of the molecule is O=C(N[C@@H](C(=O)N1CCCCC1)C1CCN(C(=O)c2ccccc2F)CC1)c1ccc2c(c1)OCO2. The maximum Gasteiger partial charge on any atom is 0.256 e. The molecule has 2 saturated heterocycles. The molecular formula is C27H30FN3O5. The highest BCUT2D eigenvalue weighted by molar-refractivity contribution is 5.98. The third-order valence-electron chi connectivity index (χ3n) is 7.26. The van der Waals surface area contributed by atoms with Crippen molar-refractivity contribution in [3.63, 3.8) is 0 Å². The molecule has 3 aliphatic heterocycles. The molecule has 5 rings (SSSR count). The van der Waals surface area contributed by atoms with Crippen LogP contribution in [0.15, 0.2) is 42.5 Å². The van der Waals surface area contributed by atoms with Gasteiger partial charge in [0.25, 0.3) is 11.8 Å². The Morgan fingerprint density at radius 1 is 0.889 bits per heavy atom. The Bertz CT molecular complexity index is 1140. The van der Waals surface area contributed by atoms with Crippen LogP contribution in [0.2, 0.25) is 0 Å². The van der Waals surface area contributed by atoms with Crippen LogP contribution in [0.3, 0.4) is 0 Å². The van der Waals surface area contributed by atoms with Crippen LogP contribution in [0.1, 0.15) is 52.8 Å². The molecule has 2 aromatic carbocycles. The first-order valence-electron chi connectivity index (χ1n) is 12.5. The van der Waals surface area contributed by atoms with Gasteiger partial charge in [-0.25, -0.2) is 4.39 Å². The summed E-state index contributed by atoms with van der Waals surface area (Å²) in [5.41, 5.74) is 0.441. The van der Waals surface area contributed by atoms with E-state index in [1.807, 2.05) is 4.90 Å². The number of fused-ring (bicyclic) bond motifs is 1. The van der Waals surface area contributed by atoms with Crippen LogP contribution in [-0.4, -0.2) is 66.5 Å². The van der Waals surface area contributed by atoms with Gasteiger partial charge in [0.05, 0.1) is 5.56 Å². The van der Waals surface area contributed by atoms with Gasteiger partial charge in [0.1, 0.15) is 11.9 Å². The molecular weight excluding hydrogens is 465 g/mol. The minimum Gasteiger partial charge on any atom is -0.454 e. The summed E-state index contributed by atoms with van der Waals surface area (Å²) in [4.78, 5) is 43.1. The average molecular weight is 496 g/mol. The van der Waals surface area contributed by atoms with Crippen LogP contribution < -0.4 is 14.8 Å². The van der Waals surface area contributed by atoms with Crippen molar-refractivity contribution >= 4 is 17.7 Å². The van der Waals surface area contributed by atoms with Crippen molar-refractivity contribution in [2.24, 2.45) is 5.92 Å². The number of hydrogen-bond acceptors (Lipinski definition) is 5. The third kappa shape index (κ3) is 5.01. The summed E-state index contributed by atoms with van der Waals surface area (Å²) in [6, 6.07) is 10.2. The van der Waals surface area contributed by atoms with Crippen molar-refractivity contribution in [2.75, 3.05) is 33.0 Å². The van der Waals surface area contributed by atoms with E-state index in [1.54, 1.807) is 35.2 Å². The van der Waals surface area contributed by atoms with E-state index < -0.39 is 11.9 Å². The lowest BCUT2D eigenvalue weighted by Gasteiger charge is -2.38. The molecule has 0 aromatic heterocycles. The summed E-state index contributed by atoms with van der Waals surface area (Å²) < 4.78 is 24.9. The number of nitrogens with one attached hydrogen (secondary N) is 1. The molecule has 190 valence electrons. The molecule has 0 radical (unpaired) electrons. The standard InChI is InChI=1S/C27H30FN3O5/c28-21-7-3-2-6-20(21)26(33)31-14-10-18(11-15-31)24(27(34)30-12-4-1-5-13-30)29-25(32)19-8-9-22-23(16-19)36-17-35-22/h2-3,6-9,16,18,24H,1,4-5,10-15,17H2,(H,29,32)/t24-/m1/s1. The summed E-state index contributed by atoms with van der Waals surface area (Å²) >= 11 is 0. The summed E-state index contributed by atoms with van der Waals surface area (Å²) in [5, 5.41) is 2.99. The fourth-order valence-electron chi connectivity index (χ4n) is 5.20. The zero-order valence-corrected chi connectivity index (χ0v) is 20.1. The molecule has 3 aliphatic rings. The maximum atomic E-state index is 14.1. The van der Waals surface area contributed by atoms with Crippen molar-refractivity contribution in [3.05, 3.63) is 59.4 Å². The van der Waals surface area contributed by atoms with E-state index in [4.69, 9.17) is 9.47 Å². The first-order valence-corrected chi connectivity index (χ1v) is 12.5. The highest BCUT2D eigenvalue weighted by atomic mass is 19.1. The Labute approximate surface area is 209 Å². The second kappa shape index (κ2) is 10.6. The zero-order valence-electron chi connectivity index (χ0n) is 20.1. The lowest BCUT2D eigenvalue weighted by atomic mass is 9.87. The number of likely N-dealkylation sites (tertiary alicyclic amines) is 2. The van der Waals surface area contributed by atoms with E-state index in [-0.39, 0.29) is 36.0 Å².